The van der Waals surface area contributed by atoms with E-state index in [1.807, 2.05) is 37.3 Å². The number of allylic oxidation sites excluding steroid dienone is 1. The molecular weight excluding hydrogens is 412 g/mol. The first kappa shape index (κ1) is 22.3. The molecule has 0 spiro atoms. The van der Waals surface area contributed by atoms with Crippen LogP contribution in [-0.4, -0.2) is 24.3 Å². The van der Waals surface area contributed by atoms with Gasteiger partial charge in [0.05, 0.1) is 7.11 Å². The fourth-order valence-corrected chi connectivity index (χ4v) is 4.11. The SMILES string of the molecule is COc1ccc2c(c1)C(=CC(=O)c1cccc(NC(=O)c3cccc(C)c3)c1)NC(C)(C)C2. The summed E-state index contributed by atoms with van der Waals surface area (Å²) in [6.45, 7) is 6.16. The highest BCUT2D eigenvalue weighted by Crippen LogP contribution is 2.32. The van der Waals surface area contributed by atoms with E-state index in [1.54, 1.807) is 43.5 Å². The number of aryl methyl sites for hydroxylation is 1. The van der Waals surface area contributed by atoms with Gasteiger partial charge >= 0.3 is 0 Å². The van der Waals surface area contributed by atoms with E-state index in [4.69, 9.17) is 4.74 Å². The summed E-state index contributed by atoms with van der Waals surface area (Å²) in [6, 6.07) is 20.3. The number of benzene rings is 3. The van der Waals surface area contributed by atoms with Gasteiger partial charge in [0.2, 0.25) is 0 Å². The van der Waals surface area contributed by atoms with Gasteiger partial charge in [0.25, 0.3) is 5.91 Å². The van der Waals surface area contributed by atoms with E-state index in [-0.39, 0.29) is 17.2 Å². The lowest BCUT2D eigenvalue weighted by Gasteiger charge is -2.35. The third kappa shape index (κ3) is 5.14. The molecule has 0 atom stereocenters. The van der Waals surface area contributed by atoms with E-state index >= 15 is 0 Å². The van der Waals surface area contributed by atoms with Gasteiger partial charge < -0.3 is 15.4 Å². The maximum atomic E-state index is 13.2. The Morgan fingerprint density at radius 2 is 1.76 bits per heavy atom. The molecule has 0 unspecified atom stereocenters. The second kappa shape index (κ2) is 8.94. The van der Waals surface area contributed by atoms with Gasteiger partial charge in [0.1, 0.15) is 5.75 Å². The molecule has 0 fully saturated rings. The molecule has 2 N–H and O–H groups in total. The van der Waals surface area contributed by atoms with E-state index < -0.39 is 0 Å². The number of methoxy groups -OCH3 is 1. The summed E-state index contributed by atoms with van der Waals surface area (Å²) in [6.07, 6.45) is 2.47. The Bertz CT molecular complexity index is 1260. The van der Waals surface area contributed by atoms with Crippen LogP contribution in [0.25, 0.3) is 5.70 Å². The zero-order valence-corrected chi connectivity index (χ0v) is 19.4. The number of fused-ring (bicyclic) bond motifs is 1. The third-order valence-electron chi connectivity index (χ3n) is 5.67. The summed E-state index contributed by atoms with van der Waals surface area (Å²) < 4.78 is 5.39. The van der Waals surface area contributed by atoms with Crippen molar-refractivity contribution in [2.24, 2.45) is 0 Å². The van der Waals surface area contributed by atoms with Crippen molar-refractivity contribution in [1.82, 2.24) is 5.32 Å². The number of amides is 1. The topological polar surface area (TPSA) is 67.4 Å². The van der Waals surface area contributed by atoms with Crippen molar-refractivity contribution in [2.45, 2.75) is 32.7 Å². The van der Waals surface area contributed by atoms with Crippen LogP contribution in [0.2, 0.25) is 0 Å². The van der Waals surface area contributed by atoms with Gasteiger partial charge in [-0.25, -0.2) is 0 Å². The number of ether oxygens (including phenoxy) is 1. The molecule has 3 aromatic carbocycles. The van der Waals surface area contributed by atoms with Crippen molar-refractivity contribution in [3.8, 4) is 5.75 Å². The van der Waals surface area contributed by atoms with Crippen LogP contribution in [0, 0.1) is 6.92 Å². The van der Waals surface area contributed by atoms with Gasteiger partial charge in [-0.2, -0.15) is 0 Å². The molecule has 0 bridgehead atoms. The van der Waals surface area contributed by atoms with Crippen LogP contribution in [0.1, 0.15) is 51.3 Å². The van der Waals surface area contributed by atoms with Crippen molar-refractivity contribution in [1.29, 1.82) is 0 Å². The Kier molecular flexibility index (Phi) is 6.05. The fourth-order valence-electron chi connectivity index (χ4n) is 4.11. The Balaban J connectivity index is 1.61. The average molecular weight is 441 g/mol. The van der Waals surface area contributed by atoms with E-state index in [0.29, 0.717) is 16.8 Å². The summed E-state index contributed by atoms with van der Waals surface area (Å²) in [4.78, 5) is 25.8. The lowest BCUT2D eigenvalue weighted by molar-refractivity contribution is 0.102. The second-order valence-electron chi connectivity index (χ2n) is 9.04. The number of hydrogen-bond donors (Lipinski definition) is 2. The highest BCUT2D eigenvalue weighted by atomic mass is 16.5. The first-order chi connectivity index (χ1) is 15.7. The van der Waals surface area contributed by atoms with Crippen molar-refractivity contribution in [3.63, 3.8) is 0 Å². The van der Waals surface area contributed by atoms with Crippen LogP contribution >= 0.6 is 0 Å². The third-order valence-corrected chi connectivity index (χ3v) is 5.67. The normalized spacial score (nSPS) is 15.3. The molecule has 1 heterocycles. The number of hydrogen-bond acceptors (Lipinski definition) is 4. The van der Waals surface area contributed by atoms with Gasteiger partial charge in [-0.15, -0.1) is 0 Å². The molecule has 4 rings (SSSR count). The van der Waals surface area contributed by atoms with E-state index in [2.05, 4.69) is 30.5 Å². The van der Waals surface area contributed by atoms with Crippen LogP contribution in [0.15, 0.2) is 72.8 Å². The van der Waals surface area contributed by atoms with Crippen LogP contribution < -0.4 is 15.4 Å². The van der Waals surface area contributed by atoms with Crippen molar-refractivity contribution < 1.29 is 14.3 Å². The fraction of sp³-hybridized carbons (Fsp3) is 0.214. The van der Waals surface area contributed by atoms with Crippen molar-refractivity contribution >= 4 is 23.1 Å². The molecule has 0 saturated carbocycles. The number of anilines is 1. The van der Waals surface area contributed by atoms with Crippen molar-refractivity contribution in [2.75, 3.05) is 12.4 Å². The summed E-state index contributed by atoms with van der Waals surface area (Å²) in [7, 11) is 1.63. The molecule has 0 aliphatic carbocycles. The van der Waals surface area contributed by atoms with Crippen LogP contribution in [0.3, 0.4) is 0 Å². The Morgan fingerprint density at radius 1 is 1.00 bits per heavy atom. The predicted octanol–water partition coefficient (Wildman–Crippen LogP) is 5.40. The van der Waals surface area contributed by atoms with E-state index in [9.17, 15) is 9.59 Å². The maximum Gasteiger partial charge on any atom is 0.255 e. The van der Waals surface area contributed by atoms with Crippen LogP contribution in [0.5, 0.6) is 5.75 Å². The average Bonchev–Trinajstić information content (AvgIpc) is 2.78. The highest BCUT2D eigenvalue weighted by Gasteiger charge is 2.28. The van der Waals surface area contributed by atoms with Gasteiger partial charge in [0, 0.05) is 39.7 Å². The number of carbonyl (C=O) groups is 2. The lowest BCUT2D eigenvalue weighted by Crippen LogP contribution is -2.43. The number of nitrogens with one attached hydrogen (secondary N) is 2. The minimum Gasteiger partial charge on any atom is -0.497 e. The minimum absolute atomic E-state index is 0.143. The van der Waals surface area contributed by atoms with Crippen LogP contribution in [-0.2, 0) is 6.42 Å². The molecule has 33 heavy (non-hydrogen) atoms. The largest absolute Gasteiger partial charge is 0.497 e. The number of ketones is 1. The second-order valence-corrected chi connectivity index (χ2v) is 9.04. The summed E-state index contributed by atoms with van der Waals surface area (Å²) in [5.41, 5.74) is 5.37. The molecule has 0 saturated heterocycles. The summed E-state index contributed by atoms with van der Waals surface area (Å²) >= 11 is 0. The Hall–Kier alpha value is -3.86. The molecular formula is C28H28N2O3. The molecule has 1 aliphatic heterocycles. The molecule has 5 nitrogen and oxygen atoms in total. The molecule has 1 amide bonds. The molecule has 5 heteroatoms. The number of carbonyl (C=O) groups excluding carboxylic acids is 2. The van der Waals surface area contributed by atoms with Gasteiger partial charge in [-0.1, -0.05) is 35.9 Å². The minimum atomic E-state index is -0.210. The van der Waals surface area contributed by atoms with Gasteiger partial charge in [-0.3, -0.25) is 9.59 Å². The first-order valence-corrected chi connectivity index (χ1v) is 10.9. The predicted molar refractivity (Wildman–Crippen MR) is 132 cm³/mol. The molecule has 0 radical (unpaired) electrons. The smallest absolute Gasteiger partial charge is 0.255 e. The Morgan fingerprint density at radius 3 is 2.52 bits per heavy atom. The molecule has 0 aromatic heterocycles. The van der Waals surface area contributed by atoms with E-state index in [0.717, 1.165) is 34.6 Å². The van der Waals surface area contributed by atoms with Crippen LogP contribution in [0.4, 0.5) is 5.69 Å². The number of rotatable bonds is 5. The standard InChI is InChI=1S/C28H28N2O3/c1-18-7-5-9-20(13-18)27(32)29-22-10-6-8-19(14-22)26(31)16-25-24-15-23(33-4)12-11-21(24)17-28(2,3)30-25/h5-16,30H,17H2,1-4H3,(H,29,32). The molecule has 168 valence electrons. The van der Waals surface area contributed by atoms with Gasteiger partial charge in [-0.05, 0) is 69.2 Å². The highest BCUT2D eigenvalue weighted by molar-refractivity contribution is 6.10. The Labute approximate surface area is 194 Å². The molecule has 1 aliphatic rings. The zero-order chi connectivity index (χ0) is 23.6. The van der Waals surface area contributed by atoms with Crippen molar-refractivity contribution in [3.05, 3.63) is 101 Å². The summed E-state index contributed by atoms with van der Waals surface area (Å²) in [5, 5.41) is 6.37. The molecule has 3 aromatic rings. The quantitative estimate of drug-likeness (QED) is 0.412. The lowest BCUT2D eigenvalue weighted by atomic mass is 9.85. The zero-order valence-electron chi connectivity index (χ0n) is 19.4. The maximum absolute atomic E-state index is 13.2. The summed E-state index contributed by atoms with van der Waals surface area (Å²) in [5.74, 6) is 0.392. The first-order valence-electron chi connectivity index (χ1n) is 10.9. The monoisotopic (exact) mass is 440 g/mol. The van der Waals surface area contributed by atoms with Gasteiger partial charge in [0.15, 0.2) is 5.78 Å². The van der Waals surface area contributed by atoms with E-state index in [1.165, 1.54) is 0 Å².